The van der Waals surface area contributed by atoms with Crippen molar-refractivity contribution >= 4 is 55.0 Å². The van der Waals surface area contributed by atoms with E-state index in [0.29, 0.717) is 91.9 Å². The fourth-order valence-corrected chi connectivity index (χ4v) is 10.9. The molecule has 0 aliphatic carbocycles. The van der Waals surface area contributed by atoms with E-state index >= 15 is 0 Å². The zero-order valence-electron chi connectivity index (χ0n) is 24.1. The molecule has 0 spiro atoms. The third-order valence-electron chi connectivity index (χ3n) is 7.26. The van der Waals surface area contributed by atoms with Gasteiger partial charge in [0, 0.05) is 61.0 Å². The van der Waals surface area contributed by atoms with Gasteiger partial charge in [0.1, 0.15) is 0 Å². The second kappa shape index (κ2) is 22.7. The third kappa shape index (κ3) is 15.6. The largest absolute Gasteiger partial charge is 0.377 e. The lowest BCUT2D eigenvalue weighted by Gasteiger charge is -2.24. The van der Waals surface area contributed by atoms with Crippen molar-refractivity contribution < 1.29 is 28.5 Å². The van der Waals surface area contributed by atoms with Crippen molar-refractivity contribution in [3.05, 3.63) is 0 Å². The lowest BCUT2D eigenvalue weighted by Crippen LogP contribution is -2.38. The van der Waals surface area contributed by atoms with Gasteiger partial charge < -0.3 is 28.7 Å². The number of hydrogen-bond acceptors (Lipinski definition) is 10. The molecule has 3 aliphatic heterocycles. The van der Waals surface area contributed by atoms with E-state index in [-0.39, 0.29) is 11.8 Å². The van der Waals surface area contributed by atoms with Gasteiger partial charge in [-0.2, -0.15) is 0 Å². The van der Waals surface area contributed by atoms with Crippen molar-refractivity contribution in [2.75, 3.05) is 90.5 Å². The zero-order chi connectivity index (χ0) is 28.1. The standard InChI is InChI=1S/C28H50N2O6S4/c31-27(7-3-1-5-25-9-23-37-39-25)29-11-15-33-19-21-35-17-13-30(14-18-36-22-20-34-16-12-29)28(32)8-4-2-6-26-10-24-38-40-26/h25-26H,1-24H2/t25-,26-/m1/s1. The molecule has 3 heterocycles. The Kier molecular flexibility index (Phi) is 19.7. The van der Waals surface area contributed by atoms with Crippen LogP contribution in [0, 0.1) is 0 Å². The van der Waals surface area contributed by atoms with Crippen LogP contribution in [-0.2, 0) is 28.5 Å². The Balaban J connectivity index is 1.32. The van der Waals surface area contributed by atoms with Gasteiger partial charge in [-0.3, -0.25) is 9.59 Å². The minimum absolute atomic E-state index is 0.184. The van der Waals surface area contributed by atoms with Gasteiger partial charge in [0.2, 0.25) is 11.8 Å². The van der Waals surface area contributed by atoms with Crippen LogP contribution >= 0.6 is 43.2 Å². The van der Waals surface area contributed by atoms with E-state index in [1.54, 1.807) is 0 Å². The van der Waals surface area contributed by atoms with Crippen molar-refractivity contribution in [3.63, 3.8) is 0 Å². The Morgan fingerprint density at radius 2 is 0.925 bits per heavy atom. The highest BCUT2D eigenvalue weighted by Gasteiger charge is 2.19. The predicted molar refractivity (Wildman–Crippen MR) is 170 cm³/mol. The summed E-state index contributed by atoms with van der Waals surface area (Å²) >= 11 is 0. The number of ether oxygens (including phenoxy) is 4. The second-order valence-electron chi connectivity index (χ2n) is 10.4. The van der Waals surface area contributed by atoms with Crippen LogP contribution in [0.25, 0.3) is 0 Å². The lowest BCUT2D eigenvalue weighted by molar-refractivity contribution is -0.134. The van der Waals surface area contributed by atoms with Crippen LogP contribution < -0.4 is 0 Å². The fraction of sp³-hybridized carbons (Fsp3) is 0.929. The van der Waals surface area contributed by atoms with E-state index in [4.69, 9.17) is 18.9 Å². The first kappa shape index (κ1) is 34.7. The smallest absolute Gasteiger partial charge is 0.222 e. The number of carbonyl (C=O) groups is 2. The first-order valence-corrected chi connectivity index (χ1v) is 19.9. The minimum atomic E-state index is 0.184. The molecule has 8 nitrogen and oxygen atoms in total. The maximum Gasteiger partial charge on any atom is 0.222 e. The van der Waals surface area contributed by atoms with Gasteiger partial charge in [-0.1, -0.05) is 56.0 Å². The fourth-order valence-electron chi connectivity index (χ4n) is 4.81. The summed E-state index contributed by atoms with van der Waals surface area (Å²) in [5.41, 5.74) is 0. The number of unbranched alkanes of at least 4 members (excludes halogenated alkanes) is 2. The van der Waals surface area contributed by atoms with Crippen molar-refractivity contribution in [2.24, 2.45) is 0 Å². The van der Waals surface area contributed by atoms with Gasteiger partial charge in [0.05, 0.1) is 52.9 Å². The van der Waals surface area contributed by atoms with E-state index in [9.17, 15) is 9.59 Å². The Bertz CT molecular complexity index is 607. The summed E-state index contributed by atoms with van der Waals surface area (Å²) in [6.07, 6.45) is 10.3. The topological polar surface area (TPSA) is 77.5 Å². The first-order valence-electron chi connectivity index (χ1n) is 15.2. The highest BCUT2D eigenvalue weighted by molar-refractivity contribution is 8.77. The average molecular weight is 639 g/mol. The average Bonchev–Trinajstić information content (AvgIpc) is 3.68. The monoisotopic (exact) mass is 638 g/mol. The molecule has 0 aromatic rings. The molecule has 0 unspecified atom stereocenters. The SMILES string of the molecule is O=C(CCCC[C@@H]1CCSS1)N1CCOCCOCCN(C(=O)CCCC[C@@H]2CCSS2)CCOCCOCC1. The van der Waals surface area contributed by atoms with Crippen LogP contribution in [0.15, 0.2) is 0 Å². The molecule has 0 saturated carbocycles. The lowest BCUT2D eigenvalue weighted by atomic mass is 10.1. The van der Waals surface area contributed by atoms with Crippen LogP contribution in [0.3, 0.4) is 0 Å². The number of nitrogens with zero attached hydrogens (tertiary/aromatic N) is 2. The number of amides is 2. The molecule has 232 valence electrons. The van der Waals surface area contributed by atoms with Crippen LogP contribution in [0.5, 0.6) is 0 Å². The van der Waals surface area contributed by atoms with Crippen molar-refractivity contribution in [1.82, 2.24) is 9.80 Å². The molecule has 0 radical (unpaired) electrons. The second-order valence-corrected chi connectivity index (χ2v) is 15.9. The van der Waals surface area contributed by atoms with E-state index in [2.05, 4.69) is 0 Å². The Labute approximate surface area is 257 Å². The first-order chi connectivity index (χ1) is 19.7. The maximum absolute atomic E-state index is 12.9. The highest BCUT2D eigenvalue weighted by atomic mass is 33.1. The molecule has 0 aromatic carbocycles. The zero-order valence-corrected chi connectivity index (χ0v) is 27.4. The maximum atomic E-state index is 12.9. The molecule has 0 aromatic heterocycles. The molecular weight excluding hydrogens is 589 g/mol. The van der Waals surface area contributed by atoms with Crippen LogP contribution in [-0.4, -0.2) is 123 Å². The molecule has 3 rings (SSSR count). The van der Waals surface area contributed by atoms with E-state index in [0.717, 1.165) is 36.2 Å². The van der Waals surface area contributed by atoms with Gasteiger partial charge in [0.25, 0.3) is 0 Å². The van der Waals surface area contributed by atoms with Gasteiger partial charge in [-0.15, -0.1) is 0 Å². The predicted octanol–water partition coefficient (Wildman–Crippen LogP) is 5.15. The summed E-state index contributed by atoms with van der Waals surface area (Å²) in [5, 5.41) is 1.53. The number of carbonyl (C=O) groups excluding carboxylic acids is 2. The van der Waals surface area contributed by atoms with Crippen molar-refractivity contribution in [3.8, 4) is 0 Å². The van der Waals surface area contributed by atoms with Crippen LogP contribution in [0.2, 0.25) is 0 Å². The summed E-state index contributed by atoms with van der Waals surface area (Å²) in [6, 6.07) is 0. The van der Waals surface area contributed by atoms with Gasteiger partial charge in [0.15, 0.2) is 0 Å². The molecule has 2 amide bonds. The number of hydrogen-bond donors (Lipinski definition) is 0. The Hall–Kier alpha value is 0.180. The summed E-state index contributed by atoms with van der Waals surface area (Å²) in [5.74, 6) is 2.89. The summed E-state index contributed by atoms with van der Waals surface area (Å²) in [6.45, 7) is 6.09. The quantitative estimate of drug-likeness (QED) is 0.237. The Morgan fingerprint density at radius 1 is 0.550 bits per heavy atom. The molecule has 3 fully saturated rings. The molecule has 2 atom stereocenters. The van der Waals surface area contributed by atoms with Crippen LogP contribution in [0.1, 0.15) is 64.2 Å². The van der Waals surface area contributed by atoms with Gasteiger partial charge in [-0.25, -0.2) is 0 Å². The molecule has 12 heteroatoms. The van der Waals surface area contributed by atoms with Crippen molar-refractivity contribution in [1.29, 1.82) is 0 Å². The minimum Gasteiger partial charge on any atom is -0.377 e. The third-order valence-corrected chi connectivity index (χ3v) is 13.3. The Morgan fingerprint density at radius 3 is 1.25 bits per heavy atom. The van der Waals surface area contributed by atoms with Gasteiger partial charge in [-0.05, 0) is 38.5 Å². The number of rotatable bonds is 10. The molecular formula is C28H50N2O6S4. The summed E-state index contributed by atoms with van der Waals surface area (Å²) in [4.78, 5) is 29.5. The normalized spacial score (nSPS) is 25.0. The molecule has 40 heavy (non-hydrogen) atoms. The highest BCUT2D eigenvalue weighted by Crippen LogP contribution is 2.40. The van der Waals surface area contributed by atoms with E-state index < -0.39 is 0 Å². The van der Waals surface area contributed by atoms with Crippen molar-refractivity contribution in [2.45, 2.75) is 74.7 Å². The van der Waals surface area contributed by atoms with Gasteiger partial charge >= 0.3 is 0 Å². The van der Waals surface area contributed by atoms with E-state index in [1.165, 1.54) is 37.2 Å². The van der Waals surface area contributed by atoms with Crippen LogP contribution in [0.4, 0.5) is 0 Å². The molecule has 3 aliphatic rings. The summed E-state index contributed by atoms with van der Waals surface area (Å²) in [7, 11) is 7.97. The van der Waals surface area contributed by atoms with E-state index in [1.807, 2.05) is 53.0 Å². The summed E-state index contributed by atoms with van der Waals surface area (Å²) < 4.78 is 23.1. The molecule has 3 saturated heterocycles. The molecule has 0 bridgehead atoms. The molecule has 0 N–H and O–H groups in total.